The normalized spacial score (nSPS) is 25.8. The van der Waals surface area contributed by atoms with E-state index < -0.39 is 34.5 Å². The second kappa shape index (κ2) is 6.88. The van der Waals surface area contributed by atoms with Gasteiger partial charge in [-0.2, -0.15) is 4.31 Å². The molecule has 1 heterocycles. The van der Waals surface area contributed by atoms with Crippen LogP contribution in [0.1, 0.15) is 31.1 Å². The number of benzene rings is 2. The Morgan fingerprint density at radius 3 is 2.24 bits per heavy atom. The molecule has 0 amide bonds. The molecule has 2 aromatic carbocycles. The van der Waals surface area contributed by atoms with E-state index in [9.17, 15) is 13.5 Å². The van der Waals surface area contributed by atoms with Crippen LogP contribution in [0.15, 0.2) is 59.5 Å². The number of aryl methyl sites for hydroxylation is 1. The molecule has 134 valence electrons. The van der Waals surface area contributed by atoms with Crippen molar-refractivity contribution in [2.45, 2.75) is 50.1 Å². The highest BCUT2D eigenvalue weighted by Crippen LogP contribution is 2.39. The van der Waals surface area contributed by atoms with Gasteiger partial charge in [-0.1, -0.05) is 48.0 Å². The Morgan fingerprint density at radius 1 is 1.08 bits per heavy atom. The third-order valence-electron chi connectivity index (χ3n) is 4.51. The summed E-state index contributed by atoms with van der Waals surface area (Å²) in [6.07, 6.45) is -2.30. The molecule has 3 rings (SSSR count). The Morgan fingerprint density at radius 2 is 1.68 bits per heavy atom. The van der Waals surface area contributed by atoms with Crippen LogP contribution in [0.4, 0.5) is 0 Å². The van der Waals surface area contributed by atoms with Crippen LogP contribution in [0.5, 0.6) is 0 Å². The van der Waals surface area contributed by atoms with Gasteiger partial charge in [0, 0.05) is 0 Å². The first kappa shape index (κ1) is 18.1. The summed E-state index contributed by atoms with van der Waals surface area (Å²) in [4.78, 5) is 0.202. The molecule has 25 heavy (non-hydrogen) atoms. The fourth-order valence-corrected chi connectivity index (χ4v) is 4.97. The van der Waals surface area contributed by atoms with Crippen molar-refractivity contribution in [2.24, 2.45) is 0 Å². The summed E-state index contributed by atoms with van der Waals surface area (Å²) >= 11 is 0. The number of hydrogen-bond donors (Lipinski definition) is 1. The molecule has 0 radical (unpaired) electrons. The molecule has 0 aromatic heterocycles. The van der Waals surface area contributed by atoms with E-state index in [1.165, 1.54) is 4.31 Å². The Balaban J connectivity index is 2.01. The molecule has 1 N–H and O–H groups in total. The van der Waals surface area contributed by atoms with E-state index in [0.29, 0.717) is 0 Å². The van der Waals surface area contributed by atoms with Crippen molar-refractivity contribution < 1.29 is 18.3 Å². The van der Waals surface area contributed by atoms with E-state index in [4.69, 9.17) is 4.74 Å². The lowest BCUT2D eigenvalue weighted by molar-refractivity contribution is -0.0545. The summed E-state index contributed by atoms with van der Waals surface area (Å²) < 4.78 is 33.6. The summed E-state index contributed by atoms with van der Waals surface area (Å²) in [5, 5.41) is 10.1. The van der Waals surface area contributed by atoms with Gasteiger partial charge in [0.05, 0.1) is 17.0 Å². The van der Waals surface area contributed by atoms with E-state index in [0.717, 1.165) is 11.1 Å². The first-order valence-corrected chi connectivity index (χ1v) is 9.75. The van der Waals surface area contributed by atoms with Crippen molar-refractivity contribution in [3.05, 3.63) is 65.7 Å². The van der Waals surface area contributed by atoms with E-state index in [1.54, 1.807) is 31.2 Å². The average molecular weight is 361 g/mol. The highest BCUT2D eigenvalue weighted by atomic mass is 32.2. The van der Waals surface area contributed by atoms with Gasteiger partial charge in [-0.05, 0) is 38.5 Å². The molecular formula is C19H23NO4S. The third-order valence-corrected chi connectivity index (χ3v) is 6.48. The second-order valence-electron chi connectivity index (χ2n) is 6.49. The highest BCUT2D eigenvalue weighted by Gasteiger charge is 2.48. The number of hydrogen-bond acceptors (Lipinski definition) is 4. The summed E-state index contributed by atoms with van der Waals surface area (Å²) in [5.41, 5.74) is 1.88. The Hall–Kier alpha value is -1.73. The lowest BCUT2D eigenvalue weighted by atomic mass is 10.0. The predicted octanol–water partition coefficient (Wildman–Crippen LogP) is 2.85. The predicted molar refractivity (Wildman–Crippen MR) is 95.4 cm³/mol. The van der Waals surface area contributed by atoms with Crippen molar-refractivity contribution in [3.63, 3.8) is 0 Å². The fourth-order valence-electron chi connectivity index (χ4n) is 3.20. The van der Waals surface area contributed by atoms with Crippen molar-refractivity contribution in [3.8, 4) is 0 Å². The summed E-state index contributed by atoms with van der Waals surface area (Å²) in [7, 11) is -3.79. The molecule has 0 spiro atoms. The van der Waals surface area contributed by atoms with Gasteiger partial charge in [0.1, 0.15) is 6.10 Å². The van der Waals surface area contributed by atoms with Crippen LogP contribution in [0, 0.1) is 6.92 Å². The number of aliphatic hydroxyl groups is 1. The van der Waals surface area contributed by atoms with E-state index in [-0.39, 0.29) is 4.90 Å². The lowest BCUT2D eigenvalue weighted by Gasteiger charge is -2.27. The van der Waals surface area contributed by atoms with Crippen molar-refractivity contribution in [2.75, 3.05) is 0 Å². The average Bonchev–Trinajstić information content (AvgIpc) is 2.94. The fraction of sp³-hybridized carbons (Fsp3) is 0.368. The van der Waals surface area contributed by atoms with Gasteiger partial charge in [-0.15, -0.1) is 0 Å². The molecule has 5 nitrogen and oxygen atoms in total. The van der Waals surface area contributed by atoms with Crippen LogP contribution < -0.4 is 0 Å². The summed E-state index contributed by atoms with van der Waals surface area (Å²) in [6.45, 7) is 5.26. The maximum Gasteiger partial charge on any atom is 0.245 e. The topological polar surface area (TPSA) is 66.8 Å². The molecule has 2 aromatic rings. The van der Waals surface area contributed by atoms with Gasteiger partial charge in [0.2, 0.25) is 10.0 Å². The Labute approximate surface area is 148 Å². The van der Waals surface area contributed by atoms with Crippen molar-refractivity contribution in [1.82, 2.24) is 4.31 Å². The van der Waals surface area contributed by atoms with Gasteiger partial charge < -0.3 is 9.84 Å². The number of ether oxygens (including phenoxy) is 1. The van der Waals surface area contributed by atoms with E-state index >= 15 is 0 Å². The van der Waals surface area contributed by atoms with Crippen molar-refractivity contribution >= 4 is 10.0 Å². The zero-order valence-corrected chi connectivity index (χ0v) is 15.3. The molecule has 1 aliphatic rings. The third kappa shape index (κ3) is 3.35. The standard InChI is InChI=1S/C19H23NO4S/c1-13-9-11-17(12-10-13)25(22,23)20-14(2)18(24-19(20)15(3)21)16-7-5-4-6-8-16/h4-12,14-15,18-19,21H,1-3H3/t14?,15-,18-,19-/m0/s1. The van der Waals surface area contributed by atoms with Crippen LogP contribution in [-0.2, 0) is 14.8 Å². The number of sulfonamides is 1. The molecule has 0 saturated carbocycles. The monoisotopic (exact) mass is 361 g/mol. The van der Waals surface area contributed by atoms with Gasteiger partial charge in [0.25, 0.3) is 0 Å². The van der Waals surface area contributed by atoms with Crippen LogP contribution in [-0.4, -0.2) is 36.2 Å². The van der Waals surface area contributed by atoms with Crippen molar-refractivity contribution in [1.29, 1.82) is 0 Å². The zero-order chi connectivity index (χ0) is 18.2. The first-order valence-electron chi connectivity index (χ1n) is 8.31. The molecule has 1 aliphatic heterocycles. The minimum absolute atomic E-state index is 0.202. The minimum atomic E-state index is -3.79. The summed E-state index contributed by atoms with van der Waals surface area (Å²) in [5.74, 6) is 0. The zero-order valence-electron chi connectivity index (χ0n) is 14.5. The van der Waals surface area contributed by atoms with Gasteiger partial charge in [-0.3, -0.25) is 0 Å². The number of rotatable bonds is 4. The maximum atomic E-state index is 13.2. The molecule has 0 bridgehead atoms. The number of aliphatic hydroxyl groups excluding tert-OH is 1. The minimum Gasteiger partial charge on any atom is -0.389 e. The van der Waals surface area contributed by atoms with Gasteiger partial charge in [-0.25, -0.2) is 8.42 Å². The Bertz CT molecular complexity index is 818. The quantitative estimate of drug-likeness (QED) is 0.909. The second-order valence-corrected chi connectivity index (χ2v) is 8.33. The highest BCUT2D eigenvalue weighted by molar-refractivity contribution is 7.89. The summed E-state index contributed by atoms with van der Waals surface area (Å²) in [6, 6.07) is 15.8. The maximum absolute atomic E-state index is 13.2. The smallest absolute Gasteiger partial charge is 0.245 e. The molecule has 0 aliphatic carbocycles. The van der Waals surface area contributed by atoms with Crippen LogP contribution >= 0.6 is 0 Å². The Kier molecular flexibility index (Phi) is 4.97. The van der Waals surface area contributed by atoms with Gasteiger partial charge >= 0.3 is 0 Å². The van der Waals surface area contributed by atoms with E-state index in [1.807, 2.05) is 44.2 Å². The molecule has 4 atom stereocenters. The number of nitrogens with zero attached hydrogens (tertiary/aromatic N) is 1. The molecule has 1 unspecified atom stereocenters. The van der Waals surface area contributed by atoms with Crippen LogP contribution in [0.25, 0.3) is 0 Å². The van der Waals surface area contributed by atoms with Crippen LogP contribution in [0.3, 0.4) is 0 Å². The largest absolute Gasteiger partial charge is 0.389 e. The lowest BCUT2D eigenvalue weighted by Crippen LogP contribution is -2.45. The first-order chi connectivity index (χ1) is 11.8. The SMILES string of the molecule is Cc1ccc(S(=O)(=O)N2C(C)[C@@H](c3ccccc3)O[C@H]2[C@H](C)O)cc1. The molecular weight excluding hydrogens is 338 g/mol. The van der Waals surface area contributed by atoms with Crippen LogP contribution in [0.2, 0.25) is 0 Å². The molecule has 6 heteroatoms. The molecule has 1 saturated heterocycles. The van der Waals surface area contributed by atoms with E-state index in [2.05, 4.69) is 0 Å². The van der Waals surface area contributed by atoms with Gasteiger partial charge in [0.15, 0.2) is 6.23 Å². The molecule has 1 fully saturated rings.